The summed E-state index contributed by atoms with van der Waals surface area (Å²) in [6, 6.07) is 8.43. The van der Waals surface area contributed by atoms with Crippen LogP contribution < -0.4 is 11.1 Å². The zero-order valence-corrected chi connectivity index (χ0v) is 22.0. The van der Waals surface area contributed by atoms with Crippen molar-refractivity contribution in [2.75, 3.05) is 58.3 Å². The van der Waals surface area contributed by atoms with Crippen LogP contribution in [0.2, 0.25) is 0 Å². The molecule has 13 heteroatoms. The number of carbonyl (C=O) groups excluding carboxylic acids is 5. The highest BCUT2D eigenvalue weighted by molar-refractivity contribution is 5.99. The lowest BCUT2D eigenvalue weighted by atomic mass is 10.0. The smallest absolute Gasteiger partial charge is 0.409 e. The Morgan fingerprint density at radius 2 is 1.64 bits per heavy atom. The molecule has 1 unspecified atom stereocenters. The minimum atomic E-state index is -1.28. The van der Waals surface area contributed by atoms with Gasteiger partial charge in [-0.3, -0.25) is 14.4 Å². The molecule has 1 saturated heterocycles. The molecule has 13 nitrogen and oxygen atoms in total. The van der Waals surface area contributed by atoms with Crippen LogP contribution in [0.1, 0.15) is 30.8 Å². The molecule has 1 fully saturated rings. The van der Waals surface area contributed by atoms with Gasteiger partial charge in [-0.25, -0.2) is 14.6 Å². The number of esters is 2. The Labute approximate surface area is 225 Å². The zero-order valence-electron chi connectivity index (χ0n) is 22.0. The second kappa shape index (κ2) is 13.9. The van der Waals surface area contributed by atoms with Crippen LogP contribution in [0.3, 0.4) is 0 Å². The van der Waals surface area contributed by atoms with Crippen LogP contribution >= 0.6 is 0 Å². The topological polar surface area (TPSA) is 170 Å². The number of amides is 3. The fourth-order valence-electron chi connectivity index (χ4n) is 4.05. The number of ether oxygens (including phenoxy) is 3. The number of nitrogen functional groups attached to an aromatic ring is 1. The number of hydrogen-bond donors (Lipinski definition) is 2. The first-order valence-electron chi connectivity index (χ1n) is 12.7. The van der Waals surface area contributed by atoms with Crippen molar-refractivity contribution in [2.45, 2.75) is 20.3 Å². The monoisotopic (exact) mass is 543 g/mol. The first-order valence-corrected chi connectivity index (χ1v) is 12.7. The van der Waals surface area contributed by atoms with Gasteiger partial charge in [-0.15, -0.1) is 0 Å². The summed E-state index contributed by atoms with van der Waals surface area (Å²) in [6.45, 7) is 3.86. The summed E-state index contributed by atoms with van der Waals surface area (Å²) in [7, 11) is 0. The number of benzene rings is 1. The zero-order chi connectivity index (χ0) is 28.4. The van der Waals surface area contributed by atoms with Crippen LogP contribution in [0.25, 0.3) is 10.9 Å². The Bertz CT molecular complexity index is 1210. The lowest BCUT2D eigenvalue weighted by molar-refractivity contribution is -0.164. The van der Waals surface area contributed by atoms with Gasteiger partial charge in [0.15, 0.2) is 6.61 Å². The summed E-state index contributed by atoms with van der Waals surface area (Å²) in [5.41, 5.74) is 7.18. The van der Waals surface area contributed by atoms with Crippen LogP contribution in [0, 0.1) is 5.92 Å². The minimum absolute atomic E-state index is 0.0385. The average Bonchev–Trinajstić information content (AvgIpc) is 2.94. The van der Waals surface area contributed by atoms with Crippen LogP contribution in [0.4, 0.5) is 10.5 Å². The van der Waals surface area contributed by atoms with E-state index in [1.54, 1.807) is 38.1 Å². The summed E-state index contributed by atoms with van der Waals surface area (Å²) >= 11 is 0. The third kappa shape index (κ3) is 7.79. The number of carbonyl (C=O) groups is 5. The second-order valence-corrected chi connectivity index (χ2v) is 8.63. The van der Waals surface area contributed by atoms with Gasteiger partial charge in [0.05, 0.1) is 18.7 Å². The van der Waals surface area contributed by atoms with Crippen molar-refractivity contribution in [1.82, 2.24) is 20.1 Å². The van der Waals surface area contributed by atoms with Crippen molar-refractivity contribution >= 4 is 46.4 Å². The van der Waals surface area contributed by atoms with Crippen LogP contribution in [-0.2, 0) is 28.6 Å². The maximum atomic E-state index is 13.3. The van der Waals surface area contributed by atoms with E-state index in [4.69, 9.17) is 19.9 Å². The molecule has 210 valence electrons. The molecule has 2 heterocycles. The van der Waals surface area contributed by atoms with Crippen molar-refractivity contribution in [1.29, 1.82) is 0 Å². The molecule has 1 aliphatic heterocycles. The fourth-order valence-corrected chi connectivity index (χ4v) is 4.05. The number of fused-ring (bicyclic) bond motifs is 1. The molecule has 3 N–H and O–H groups in total. The van der Waals surface area contributed by atoms with Gasteiger partial charge in [-0.1, -0.05) is 6.07 Å². The van der Waals surface area contributed by atoms with Crippen molar-refractivity contribution < 1.29 is 38.2 Å². The summed E-state index contributed by atoms with van der Waals surface area (Å²) < 4.78 is 14.8. The van der Waals surface area contributed by atoms with Crippen LogP contribution in [-0.4, -0.2) is 97.2 Å². The van der Waals surface area contributed by atoms with Gasteiger partial charge in [0.2, 0.25) is 5.91 Å². The number of nitrogens with zero attached hydrogens (tertiary/aromatic N) is 3. The lowest BCUT2D eigenvalue weighted by Crippen LogP contribution is -2.53. The molecule has 1 aromatic heterocycles. The number of hydrogen-bond acceptors (Lipinski definition) is 10. The average molecular weight is 544 g/mol. The molecule has 1 aliphatic rings. The maximum absolute atomic E-state index is 13.3. The quantitative estimate of drug-likeness (QED) is 0.190. The van der Waals surface area contributed by atoms with E-state index >= 15 is 0 Å². The standard InChI is InChI=1S/C26H33N5O8/c1-3-37-22(32)16-39-25(35)18(24(34)30-12-14-31(15-13-30)26(36)38-4-2)10-11-28-23(33)21-9-8-17-19(27)6-5-7-20(17)29-21/h5-9,18H,3-4,10-16,27H2,1-2H3,(H,28,33). The number of pyridine rings is 1. The number of piperazine rings is 1. The number of nitrogens with one attached hydrogen (secondary N) is 1. The minimum Gasteiger partial charge on any atom is -0.463 e. The summed E-state index contributed by atoms with van der Waals surface area (Å²) in [5.74, 6) is -3.95. The van der Waals surface area contributed by atoms with E-state index in [0.29, 0.717) is 16.6 Å². The molecule has 0 saturated carbocycles. The van der Waals surface area contributed by atoms with Crippen molar-refractivity contribution in [2.24, 2.45) is 5.92 Å². The highest BCUT2D eigenvalue weighted by atomic mass is 16.6. The second-order valence-electron chi connectivity index (χ2n) is 8.63. The van der Waals surface area contributed by atoms with Crippen molar-refractivity contribution in [3.63, 3.8) is 0 Å². The molecule has 0 spiro atoms. The summed E-state index contributed by atoms with van der Waals surface area (Å²) in [4.78, 5) is 69.7. The summed E-state index contributed by atoms with van der Waals surface area (Å²) in [5, 5.41) is 3.39. The molecule has 0 radical (unpaired) electrons. The van der Waals surface area contributed by atoms with E-state index in [9.17, 15) is 24.0 Å². The molecule has 0 aliphatic carbocycles. The molecular weight excluding hydrogens is 510 g/mol. The van der Waals surface area contributed by atoms with Gasteiger partial charge in [-0.2, -0.15) is 0 Å². The predicted molar refractivity (Wildman–Crippen MR) is 139 cm³/mol. The van der Waals surface area contributed by atoms with Gasteiger partial charge in [0.25, 0.3) is 5.91 Å². The highest BCUT2D eigenvalue weighted by Crippen LogP contribution is 2.19. The Morgan fingerprint density at radius 3 is 2.33 bits per heavy atom. The van der Waals surface area contributed by atoms with Gasteiger partial charge < -0.3 is 35.1 Å². The Kier molecular flexibility index (Phi) is 10.4. The van der Waals surface area contributed by atoms with E-state index in [-0.39, 0.29) is 58.1 Å². The first kappa shape index (κ1) is 29.1. The molecular formula is C26H33N5O8. The SMILES string of the molecule is CCOC(=O)COC(=O)C(CCNC(=O)c1ccc2c(N)cccc2n1)C(=O)N1CCN(C(=O)OCC)CC1. The van der Waals surface area contributed by atoms with Crippen molar-refractivity contribution in [3.8, 4) is 0 Å². The van der Waals surface area contributed by atoms with Crippen LogP contribution in [0.5, 0.6) is 0 Å². The van der Waals surface area contributed by atoms with Crippen molar-refractivity contribution in [3.05, 3.63) is 36.0 Å². The normalized spacial score (nSPS) is 13.9. The highest BCUT2D eigenvalue weighted by Gasteiger charge is 2.35. The largest absolute Gasteiger partial charge is 0.463 e. The number of aromatic nitrogens is 1. The van der Waals surface area contributed by atoms with Crippen LogP contribution in [0.15, 0.2) is 30.3 Å². The van der Waals surface area contributed by atoms with E-state index < -0.39 is 42.4 Å². The van der Waals surface area contributed by atoms with Gasteiger partial charge in [0.1, 0.15) is 11.6 Å². The third-order valence-electron chi connectivity index (χ3n) is 6.05. The van der Waals surface area contributed by atoms with Gasteiger partial charge in [0, 0.05) is 43.8 Å². The Morgan fingerprint density at radius 1 is 0.949 bits per heavy atom. The molecule has 3 amide bonds. The molecule has 39 heavy (non-hydrogen) atoms. The third-order valence-corrected chi connectivity index (χ3v) is 6.05. The Balaban J connectivity index is 1.63. The number of nitrogens with two attached hydrogens (primary N) is 1. The van der Waals surface area contributed by atoms with E-state index in [1.165, 1.54) is 15.9 Å². The first-order chi connectivity index (χ1) is 18.7. The summed E-state index contributed by atoms with van der Waals surface area (Å²) in [6.07, 6.45) is -0.548. The lowest BCUT2D eigenvalue weighted by Gasteiger charge is -2.35. The number of rotatable bonds is 10. The fraction of sp³-hybridized carbons (Fsp3) is 0.462. The van der Waals surface area contributed by atoms with E-state index in [2.05, 4.69) is 10.3 Å². The Hall–Kier alpha value is -4.42. The molecule has 1 aromatic carbocycles. The molecule has 0 bridgehead atoms. The van der Waals surface area contributed by atoms with Gasteiger partial charge in [-0.05, 0) is 44.5 Å². The molecule has 1 atom stereocenters. The predicted octanol–water partition coefficient (Wildman–Crippen LogP) is 0.960. The van der Waals surface area contributed by atoms with E-state index in [1.807, 2.05) is 0 Å². The van der Waals surface area contributed by atoms with E-state index in [0.717, 1.165) is 0 Å². The number of anilines is 1. The maximum Gasteiger partial charge on any atom is 0.409 e. The molecule has 3 rings (SSSR count). The molecule has 2 aromatic rings. The van der Waals surface area contributed by atoms with Gasteiger partial charge >= 0.3 is 18.0 Å².